The number of anilines is 1. The van der Waals surface area contributed by atoms with E-state index in [2.05, 4.69) is 28.6 Å². The molecule has 3 rings (SSSR count). The van der Waals surface area contributed by atoms with Crippen molar-refractivity contribution in [2.24, 2.45) is 5.41 Å². The van der Waals surface area contributed by atoms with Crippen molar-refractivity contribution in [2.75, 3.05) is 31.2 Å². The monoisotopic (exact) mass is 364 g/mol. The topological polar surface area (TPSA) is 65.8 Å². The third kappa shape index (κ3) is 4.45. The summed E-state index contributed by atoms with van der Waals surface area (Å²) in [5.41, 5.74) is 1.73. The van der Waals surface area contributed by atoms with Gasteiger partial charge in [0.15, 0.2) is 0 Å². The van der Waals surface area contributed by atoms with Gasteiger partial charge in [0.1, 0.15) is 11.3 Å². The number of rotatable bonds is 2. The molecule has 0 amide bonds. The minimum absolute atomic E-state index is 0.0147. The van der Waals surface area contributed by atoms with E-state index in [0.29, 0.717) is 11.8 Å². The molecule has 2 aliphatic heterocycles. The number of ether oxygens (including phenoxy) is 1. The van der Waals surface area contributed by atoms with Crippen LogP contribution in [0.2, 0.25) is 5.15 Å². The summed E-state index contributed by atoms with van der Waals surface area (Å²) in [5.74, 6) is 6.17. The van der Waals surface area contributed by atoms with Crippen LogP contribution < -0.4 is 4.90 Å². The number of aliphatic hydroxyl groups is 2. The Balaban J connectivity index is 1.80. The summed E-state index contributed by atoms with van der Waals surface area (Å²) in [7, 11) is 0. The summed E-state index contributed by atoms with van der Waals surface area (Å²) in [6.07, 6.45) is 4.12. The van der Waals surface area contributed by atoms with Gasteiger partial charge < -0.3 is 19.8 Å². The first-order valence-corrected chi connectivity index (χ1v) is 9.21. The summed E-state index contributed by atoms with van der Waals surface area (Å²) in [6, 6.07) is 1.84. The Kier molecular flexibility index (Phi) is 5.85. The number of aliphatic hydroxyl groups excluding tert-OH is 2. The minimum Gasteiger partial charge on any atom is -0.396 e. The van der Waals surface area contributed by atoms with Gasteiger partial charge in [-0.1, -0.05) is 30.4 Å². The largest absolute Gasteiger partial charge is 0.396 e. The molecule has 0 saturated carbocycles. The normalized spacial score (nSPS) is 26.0. The second-order valence-corrected chi connectivity index (χ2v) is 7.64. The molecule has 0 aliphatic carbocycles. The molecule has 2 aliphatic rings. The first kappa shape index (κ1) is 18.5. The molecule has 2 saturated heterocycles. The molecule has 25 heavy (non-hydrogen) atoms. The number of halogens is 1. The summed E-state index contributed by atoms with van der Waals surface area (Å²) >= 11 is 6.10. The maximum atomic E-state index is 10.00. The van der Waals surface area contributed by atoms with Crippen molar-refractivity contribution >= 4 is 17.3 Å². The fourth-order valence-electron chi connectivity index (χ4n) is 3.28. The number of pyridine rings is 1. The number of hydrogen-bond donors (Lipinski definition) is 2. The van der Waals surface area contributed by atoms with Crippen LogP contribution in [0.1, 0.15) is 38.2 Å². The molecule has 2 unspecified atom stereocenters. The van der Waals surface area contributed by atoms with E-state index < -0.39 is 12.2 Å². The van der Waals surface area contributed by atoms with Crippen LogP contribution in [0.25, 0.3) is 0 Å². The van der Waals surface area contributed by atoms with E-state index in [4.69, 9.17) is 16.3 Å². The van der Waals surface area contributed by atoms with E-state index in [0.717, 1.165) is 50.0 Å². The van der Waals surface area contributed by atoms with Gasteiger partial charge in [0.2, 0.25) is 0 Å². The summed E-state index contributed by atoms with van der Waals surface area (Å²) in [6.45, 7) is 4.64. The SMILES string of the molecule is CC1(CO)CCN(c2cc(Cl)ncc2C#CC2OCCCC2O)CC1. The number of aromatic nitrogens is 1. The highest BCUT2D eigenvalue weighted by Gasteiger charge is 2.30. The van der Waals surface area contributed by atoms with Gasteiger partial charge in [0.05, 0.1) is 17.4 Å². The molecule has 6 heteroatoms. The van der Waals surface area contributed by atoms with E-state index >= 15 is 0 Å². The van der Waals surface area contributed by atoms with Crippen molar-refractivity contribution in [3.63, 3.8) is 0 Å². The van der Waals surface area contributed by atoms with Crippen molar-refractivity contribution < 1.29 is 14.9 Å². The number of piperidine rings is 1. The average molecular weight is 365 g/mol. The molecule has 2 atom stereocenters. The van der Waals surface area contributed by atoms with Gasteiger partial charge >= 0.3 is 0 Å². The second kappa shape index (κ2) is 7.92. The van der Waals surface area contributed by atoms with Crippen molar-refractivity contribution in [2.45, 2.75) is 44.8 Å². The Morgan fingerprint density at radius 1 is 1.44 bits per heavy atom. The molecule has 2 fully saturated rings. The molecule has 0 bridgehead atoms. The van der Waals surface area contributed by atoms with Gasteiger partial charge in [-0.2, -0.15) is 0 Å². The molecule has 136 valence electrons. The Morgan fingerprint density at radius 2 is 2.20 bits per heavy atom. The fraction of sp³-hybridized carbons (Fsp3) is 0.632. The highest BCUT2D eigenvalue weighted by atomic mass is 35.5. The first-order valence-electron chi connectivity index (χ1n) is 8.83. The lowest BCUT2D eigenvalue weighted by atomic mass is 9.81. The Morgan fingerprint density at radius 3 is 2.88 bits per heavy atom. The van der Waals surface area contributed by atoms with Crippen molar-refractivity contribution in [3.05, 3.63) is 23.0 Å². The van der Waals surface area contributed by atoms with E-state index in [-0.39, 0.29) is 12.0 Å². The number of nitrogens with zero attached hydrogens (tertiary/aromatic N) is 2. The maximum Gasteiger partial charge on any atom is 0.144 e. The van der Waals surface area contributed by atoms with Crippen LogP contribution in [0, 0.1) is 17.3 Å². The quantitative estimate of drug-likeness (QED) is 0.622. The lowest BCUT2D eigenvalue weighted by Gasteiger charge is -2.39. The zero-order valence-corrected chi connectivity index (χ0v) is 15.3. The second-order valence-electron chi connectivity index (χ2n) is 7.25. The zero-order chi connectivity index (χ0) is 17.9. The van der Waals surface area contributed by atoms with Gasteiger partial charge in [0.25, 0.3) is 0 Å². The van der Waals surface area contributed by atoms with Gasteiger partial charge in [-0.05, 0) is 31.1 Å². The van der Waals surface area contributed by atoms with Crippen molar-refractivity contribution in [1.29, 1.82) is 0 Å². The molecular weight excluding hydrogens is 340 g/mol. The van der Waals surface area contributed by atoms with Crippen LogP contribution in [0.15, 0.2) is 12.3 Å². The first-order chi connectivity index (χ1) is 12.0. The van der Waals surface area contributed by atoms with Crippen molar-refractivity contribution in [3.8, 4) is 11.8 Å². The minimum atomic E-state index is -0.537. The summed E-state index contributed by atoms with van der Waals surface area (Å²) in [5, 5.41) is 20.0. The lowest BCUT2D eigenvalue weighted by molar-refractivity contribution is -0.0434. The highest BCUT2D eigenvalue weighted by Crippen LogP contribution is 2.34. The van der Waals surface area contributed by atoms with E-state index in [1.165, 1.54) is 0 Å². The van der Waals surface area contributed by atoms with Gasteiger partial charge in [-0.25, -0.2) is 4.98 Å². The van der Waals surface area contributed by atoms with Crippen LogP contribution in [0.5, 0.6) is 0 Å². The third-order valence-corrected chi connectivity index (χ3v) is 5.39. The molecule has 3 heterocycles. The highest BCUT2D eigenvalue weighted by molar-refractivity contribution is 6.29. The van der Waals surface area contributed by atoms with Crippen LogP contribution in [-0.4, -0.2) is 53.7 Å². The van der Waals surface area contributed by atoms with E-state index in [1.54, 1.807) is 6.20 Å². The molecule has 2 N–H and O–H groups in total. The van der Waals surface area contributed by atoms with Crippen LogP contribution >= 0.6 is 11.6 Å². The Hall–Kier alpha value is -1.32. The van der Waals surface area contributed by atoms with Crippen molar-refractivity contribution in [1.82, 2.24) is 4.98 Å². The van der Waals surface area contributed by atoms with Crippen LogP contribution in [-0.2, 0) is 4.74 Å². The molecular formula is C19H25ClN2O3. The summed E-state index contributed by atoms with van der Waals surface area (Å²) in [4.78, 5) is 6.40. The number of hydrogen-bond acceptors (Lipinski definition) is 5. The molecule has 0 spiro atoms. The smallest absolute Gasteiger partial charge is 0.144 e. The van der Waals surface area contributed by atoms with Crippen LogP contribution in [0.4, 0.5) is 5.69 Å². The molecule has 0 aromatic carbocycles. The maximum absolute atomic E-state index is 10.00. The van der Waals surface area contributed by atoms with Gasteiger partial charge in [-0.3, -0.25) is 0 Å². The van der Waals surface area contributed by atoms with Gasteiger partial charge in [-0.15, -0.1) is 0 Å². The Bertz CT molecular complexity index is 662. The van der Waals surface area contributed by atoms with E-state index in [1.807, 2.05) is 6.07 Å². The predicted octanol–water partition coefficient (Wildman–Crippen LogP) is 2.23. The molecule has 1 aromatic rings. The van der Waals surface area contributed by atoms with Gasteiger partial charge in [0, 0.05) is 38.6 Å². The summed E-state index contributed by atoms with van der Waals surface area (Å²) < 4.78 is 5.55. The average Bonchev–Trinajstić information content (AvgIpc) is 2.62. The molecule has 0 radical (unpaired) electrons. The third-order valence-electron chi connectivity index (χ3n) is 5.18. The van der Waals surface area contributed by atoms with E-state index in [9.17, 15) is 10.2 Å². The Labute approximate surface area is 154 Å². The molecule has 1 aromatic heterocycles. The molecule has 5 nitrogen and oxygen atoms in total. The standard InChI is InChI=1S/C19H25ClN2O3/c1-19(13-23)6-8-22(9-7-19)15-11-18(20)21-12-14(15)4-5-17-16(24)3-2-10-25-17/h11-12,16-17,23-24H,2-3,6-10,13H2,1H3. The van der Waals surface area contributed by atoms with Crippen LogP contribution in [0.3, 0.4) is 0 Å². The fourth-order valence-corrected chi connectivity index (χ4v) is 3.43. The predicted molar refractivity (Wildman–Crippen MR) is 97.7 cm³/mol. The lowest BCUT2D eigenvalue weighted by Crippen LogP contribution is -2.40. The zero-order valence-electron chi connectivity index (χ0n) is 14.5.